The molecule has 0 unspecified atom stereocenters. The number of likely N-dealkylation sites (N-methyl/N-ethyl adjacent to an activating group) is 1. The second-order valence-corrected chi connectivity index (χ2v) is 7.12. The van der Waals surface area contributed by atoms with Crippen LogP contribution in [0, 0.1) is 0 Å². The Labute approximate surface area is 166 Å². The first kappa shape index (κ1) is 20.1. The van der Waals surface area contributed by atoms with Gasteiger partial charge < -0.3 is 14.9 Å². The monoisotopic (exact) mass is 380 g/mol. The zero-order valence-corrected chi connectivity index (χ0v) is 16.5. The van der Waals surface area contributed by atoms with Crippen LogP contribution in [0.4, 0.5) is 0 Å². The van der Waals surface area contributed by atoms with Gasteiger partial charge in [0.15, 0.2) is 0 Å². The van der Waals surface area contributed by atoms with Gasteiger partial charge in [-0.25, -0.2) is 0 Å². The van der Waals surface area contributed by atoms with E-state index in [1.54, 1.807) is 9.80 Å². The Bertz CT molecular complexity index is 794. The quantitative estimate of drug-likeness (QED) is 0.803. The molecule has 1 aliphatic heterocycles. The van der Waals surface area contributed by atoms with Crippen molar-refractivity contribution in [2.45, 2.75) is 38.3 Å². The molecule has 0 bridgehead atoms. The summed E-state index contributed by atoms with van der Waals surface area (Å²) in [5, 5.41) is 9.95. The van der Waals surface area contributed by atoms with Crippen molar-refractivity contribution in [3.63, 3.8) is 0 Å². The van der Waals surface area contributed by atoms with E-state index in [1.165, 1.54) is 0 Å². The van der Waals surface area contributed by atoms with Crippen molar-refractivity contribution < 1.29 is 14.7 Å². The van der Waals surface area contributed by atoms with Crippen LogP contribution in [0.3, 0.4) is 0 Å². The van der Waals surface area contributed by atoms with Crippen LogP contribution >= 0.6 is 0 Å². The molecular weight excluding hydrogens is 352 g/mol. The van der Waals surface area contributed by atoms with E-state index in [4.69, 9.17) is 0 Å². The van der Waals surface area contributed by atoms with Crippen molar-refractivity contribution in [1.82, 2.24) is 9.80 Å². The molecule has 5 nitrogen and oxygen atoms in total. The van der Waals surface area contributed by atoms with Gasteiger partial charge in [0.25, 0.3) is 5.91 Å². The Morgan fingerprint density at radius 1 is 0.964 bits per heavy atom. The predicted molar refractivity (Wildman–Crippen MR) is 109 cm³/mol. The third-order valence-electron chi connectivity index (χ3n) is 5.60. The lowest BCUT2D eigenvalue weighted by Crippen LogP contribution is -2.68. The lowest BCUT2D eigenvalue weighted by Gasteiger charge is -2.56. The smallest absolute Gasteiger partial charge is 0.253 e. The number of benzene rings is 2. The molecule has 3 atom stereocenters. The van der Waals surface area contributed by atoms with Gasteiger partial charge in [-0.15, -0.1) is 0 Å². The summed E-state index contributed by atoms with van der Waals surface area (Å²) in [4.78, 5) is 29.1. The van der Waals surface area contributed by atoms with Gasteiger partial charge in [-0.1, -0.05) is 55.5 Å². The fourth-order valence-corrected chi connectivity index (χ4v) is 4.17. The molecule has 2 amide bonds. The Morgan fingerprint density at radius 2 is 1.57 bits per heavy atom. The van der Waals surface area contributed by atoms with E-state index in [0.717, 1.165) is 5.56 Å². The zero-order chi connectivity index (χ0) is 20.1. The van der Waals surface area contributed by atoms with Crippen LogP contribution < -0.4 is 0 Å². The third-order valence-corrected chi connectivity index (χ3v) is 5.60. The zero-order valence-electron chi connectivity index (χ0n) is 16.5. The molecule has 2 aromatic rings. The van der Waals surface area contributed by atoms with Gasteiger partial charge >= 0.3 is 0 Å². The van der Waals surface area contributed by atoms with Gasteiger partial charge in [0.05, 0.1) is 18.7 Å². The number of carbonyl (C=O) groups is 2. The highest BCUT2D eigenvalue weighted by Crippen LogP contribution is 2.41. The number of carbonyl (C=O) groups excluding carboxylic acids is 2. The van der Waals surface area contributed by atoms with Crippen LogP contribution in [0.15, 0.2) is 60.7 Å². The maximum atomic E-state index is 13.0. The first-order chi connectivity index (χ1) is 13.6. The molecule has 0 aromatic heterocycles. The van der Waals surface area contributed by atoms with E-state index in [-0.39, 0.29) is 36.4 Å². The summed E-state index contributed by atoms with van der Waals surface area (Å²) in [5.74, 6) is -0.00924. The van der Waals surface area contributed by atoms with Gasteiger partial charge in [0, 0.05) is 31.0 Å². The minimum absolute atomic E-state index is 0.0133. The summed E-state index contributed by atoms with van der Waals surface area (Å²) >= 11 is 0. The van der Waals surface area contributed by atoms with Crippen LogP contribution in [-0.4, -0.2) is 58.5 Å². The first-order valence-electron chi connectivity index (χ1n) is 9.93. The molecule has 1 fully saturated rings. The molecule has 0 radical (unpaired) electrons. The largest absolute Gasteiger partial charge is 0.394 e. The van der Waals surface area contributed by atoms with Gasteiger partial charge in [-0.05, 0) is 24.6 Å². The molecule has 3 rings (SSSR count). The fraction of sp³-hybridized carbons (Fsp3) is 0.391. The van der Waals surface area contributed by atoms with Gasteiger partial charge in [-0.3, -0.25) is 9.59 Å². The number of hydrogen-bond donors (Lipinski definition) is 1. The third kappa shape index (κ3) is 3.80. The molecule has 148 valence electrons. The molecule has 0 spiro atoms. The molecular formula is C23H28N2O3. The first-order valence-corrected chi connectivity index (χ1v) is 9.93. The Kier molecular flexibility index (Phi) is 6.47. The minimum atomic E-state index is -0.245. The standard InChI is InChI=1S/C23H28N2O3/c1-3-21(27)25-19(22(20(25)16-26)17-11-7-5-8-12-17)15-24(4-2)23(28)18-13-9-6-10-14-18/h5-14,19-20,22,26H,3-4,15-16H2,1-2H3/t19-,20-,22-/m0/s1. The van der Waals surface area contributed by atoms with E-state index in [1.807, 2.05) is 74.5 Å². The van der Waals surface area contributed by atoms with E-state index in [2.05, 4.69) is 0 Å². The molecule has 2 aromatic carbocycles. The van der Waals surface area contributed by atoms with Crippen LogP contribution in [-0.2, 0) is 4.79 Å². The van der Waals surface area contributed by atoms with Crippen LogP contribution in [0.5, 0.6) is 0 Å². The van der Waals surface area contributed by atoms with Crippen LogP contribution in [0.25, 0.3) is 0 Å². The highest BCUT2D eigenvalue weighted by atomic mass is 16.3. The Morgan fingerprint density at radius 3 is 2.11 bits per heavy atom. The topological polar surface area (TPSA) is 60.9 Å². The maximum Gasteiger partial charge on any atom is 0.253 e. The Balaban J connectivity index is 1.88. The number of amides is 2. The summed E-state index contributed by atoms with van der Waals surface area (Å²) in [5.41, 5.74) is 1.74. The number of likely N-dealkylation sites (tertiary alicyclic amines) is 1. The molecule has 5 heteroatoms. The molecule has 1 saturated heterocycles. The fourth-order valence-electron chi connectivity index (χ4n) is 4.17. The van der Waals surface area contributed by atoms with E-state index in [0.29, 0.717) is 25.1 Å². The van der Waals surface area contributed by atoms with Crippen molar-refractivity contribution in [3.8, 4) is 0 Å². The highest BCUT2D eigenvalue weighted by Gasteiger charge is 2.51. The van der Waals surface area contributed by atoms with Crippen LogP contribution in [0.2, 0.25) is 0 Å². The van der Waals surface area contributed by atoms with Crippen molar-refractivity contribution in [2.75, 3.05) is 19.7 Å². The summed E-state index contributed by atoms with van der Waals surface area (Å²) in [6.07, 6.45) is 0.382. The van der Waals surface area contributed by atoms with E-state index < -0.39 is 0 Å². The Hall–Kier alpha value is -2.66. The number of hydrogen-bond acceptors (Lipinski definition) is 3. The highest BCUT2D eigenvalue weighted by molar-refractivity contribution is 5.94. The summed E-state index contributed by atoms with van der Waals surface area (Å²) in [7, 11) is 0. The van der Waals surface area contributed by atoms with E-state index >= 15 is 0 Å². The van der Waals surface area contributed by atoms with Crippen molar-refractivity contribution in [1.29, 1.82) is 0 Å². The predicted octanol–water partition coefficient (Wildman–Crippen LogP) is 2.91. The molecule has 0 saturated carbocycles. The van der Waals surface area contributed by atoms with Gasteiger partial charge in [-0.2, -0.15) is 0 Å². The number of aliphatic hydroxyl groups is 1. The van der Waals surface area contributed by atoms with Gasteiger partial charge in [0.1, 0.15) is 0 Å². The second-order valence-electron chi connectivity index (χ2n) is 7.12. The van der Waals surface area contributed by atoms with Crippen molar-refractivity contribution in [3.05, 3.63) is 71.8 Å². The molecule has 1 aliphatic rings. The molecule has 0 aliphatic carbocycles. The number of nitrogens with zero attached hydrogens (tertiary/aromatic N) is 2. The lowest BCUT2D eigenvalue weighted by molar-refractivity contribution is -0.151. The minimum Gasteiger partial charge on any atom is -0.394 e. The number of aliphatic hydroxyl groups excluding tert-OH is 1. The van der Waals surface area contributed by atoms with Gasteiger partial charge in [0.2, 0.25) is 5.91 Å². The molecule has 28 heavy (non-hydrogen) atoms. The summed E-state index contributed by atoms with van der Waals surface area (Å²) in [6.45, 7) is 4.71. The lowest BCUT2D eigenvalue weighted by atomic mass is 9.74. The molecule has 1 heterocycles. The van der Waals surface area contributed by atoms with E-state index in [9.17, 15) is 14.7 Å². The second kappa shape index (κ2) is 9.02. The number of rotatable bonds is 7. The SMILES string of the molecule is CCC(=O)N1[C@@H](CO)[C@@H](c2ccccc2)[C@@H]1CN(CC)C(=O)c1ccccc1. The normalized spacial score (nSPS) is 21.1. The average molecular weight is 380 g/mol. The average Bonchev–Trinajstić information content (AvgIpc) is 2.74. The maximum absolute atomic E-state index is 13.0. The van der Waals surface area contributed by atoms with Crippen LogP contribution in [0.1, 0.15) is 42.1 Å². The summed E-state index contributed by atoms with van der Waals surface area (Å²) in [6, 6.07) is 18.8. The molecule has 1 N–H and O–H groups in total. The van der Waals surface area contributed by atoms with Crippen molar-refractivity contribution in [2.24, 2.45) is 0 Å². The summed E-state index contributed by atoms with van der Waals surface area (Å²) < 4.78 is 0. The van der Waals surface area contributed by atoms with Crippen molar-refractivity contribution >= 4 is 11.8 Å².